The maximum Gasteiger partial charge on any atom is 0.242 e. The van der Waals surface area contributed by atoms with Crippen molar-refractivity contribution in [3.05, 3.63) is 65.5 Å². The molecule has 1 aliphatic rings. The van der Waals surface area contributed by atoms with E-state index in [9.17, 15) is 8.42 Å². The predicted molar refractivity (Wildman–Crippen MR) is 113 cm³/mol. The molecule has 0 unspecified atom stereocenters. The lowest BCUT2D eigenvalue weighted by Gasteiger charge is -2.33. The number of hydrogen-bond donors (Lipinski definition) is 0. The maximum absolute atomic E-state index is 12.6. The molecule has 3 aromatic rings. The third-order valence-electron chi connectivity index (χ3n) is 5.29. The Morgan fingerprint density at radius 2 is 1.93 bits per heavy atom. The van der Waals surface area contributed by atoms with Crippen molar-refractivity contribution in [2.45, 2.75) is 38.8 Å². The average molecular weight is 428 g/mol. The zero-order valence-corrected chi connectivity index (χ0v) is 17.9. The van der Waals surface area contributed by atoms with Gasteiger partial charge in [-0.2, -0.15) is 9.29 Å². The molecule has 0 amide bonds. The van der Waals surface area contributed by atoms with E-state index in [2.05, 4.69) is 16.2 Å². The minimum Gasteiger partial charge on any atom is -0.494 e. The number of hydrogen-bond acceptors (Lipinski definition) is 6. The van der Waals surface area contributed by atoms with E-state index in [1.807, 2.05) is 49.4 Å². The Balaban J connectivity index is 1.59. The molecule has 30 heavy (non-hydrogen) atoms. The van der Waals surface area contributed by atoms with E-state index < -0.39 is 10.0 Å². The zero-order valence-electron chi connectivity index (χ0n) is 17.1. The Labute approximate surface area is 176 Å². The van der Waals surface area contributed by atoms with Gasteiger partial charge in [0, 0.05) is 5.56 Å². The summed E-state index contributed by atoms with van der Waals surface area (Å²) in [6, 6.07) is 15.2. The molecule has 0 bridgehead atoms. The van der Waals surface area contributed by atoms with E-state index in [4.69, 9.17) is 9.26 Å². The second-order valence-electron chi connectivity index (χ2n) is 7.38. The second kappa shape index (κ2) is 8.57. The van der Waals surface area contributed by atoms with Crippen molar-refractivity contribution in [3.63, 3.8) is 0 Å². The van der Waals surface area contributed by atoms with Crippen LogP contribution in [0.25, 0.3) is 11.4 Å². The van der Waals surface area contributed by atoms with Crippen molar-refractivity contribution in [2.24, 2.45) is 0 Å². The summed E-state index contributed by atoms with van der Waals surface area (Å²) in [6.45, 7) is 2.57. The fourth-order valence-corrected chi connectivity index (χ4v) is 4.95. The lowest BCUT2D eigenvalue weighted by molar-refractivity contribution is 0.251. The molecule has 1 aliphatic carbocycles. The van der Waals surface area contributed by atoms with Gasteiger partial charge in [0.05, 0.1) is 25.4 Å². The van der Waals surface area contributed by atoms with Crippen LogP contribution in [-0.2, 0) is 23.0 Å². The van der Waals surface area contributed by atoms with Gasteiger partial charge in [0.2, 0.25) is 21.7 Å². The van der Waals surface area contributed by atoms with Gasteiger partial charge in [-0.15, -0.1) is 0 Å². The highest BCUT2D eigenvalue weighted by Crippen LogP contribution is 2.36. The zero-order chi connectivity index (χ0) is 21.1. The first-order valence-electron chi connectivity index (χ1n) is 10.1. The van der Waals surface area contributed by atoms with E-state index in [0.717, 1.165) is 36.1 Å². The molecule has 0 radical (unpaired) electrons. The Bertz CT molecular complexity index is 1110. The van der Waals surface area contributed by atoms with Crippen molar-refractivity contribution >= 4 is 10.0 Å². The number of aromatic nitrogens is 2. The Hall–Kier alpha value is -2.71. The molecule has 7 nitrogen and oxygen atoms in total. The molecule has 1 atom stereocenters. The van der Waals surface area contributed by atoms with Gasteiger partial charge >= 0.3 is 0 Å². The molecule has 2 aromatic carbocycles. The first kappa shape index (κ1) is 20.6. The number of nitrogens with zero attached hydrogens (tertiary/aromatic N) is 3. The average Bonchev–Trinajstić information content (AvgIpc) is 3.20. The molecule has 8 heteroatoms. The summed E-state index contributed by atoms with van der Waals surface area (Å²) in [4.78, 5) is 4.44. The molecule has 0 aliphatic heterocycles. The van der Waals surface area contributed by atoms with E-state index in [1.165, 1.54) is 16.1 Å². The van der Waals surface area contributed by atoms with Gasteiger partial charge in [0.1, 0.15) is 5.75 Å². The summed E-state index contributed by atoms with van der Waals surface area (Å²) < 4.78 is 37.6. The number of benzene rings is 2. The van der Waals surface area contributed by atoms with Crippen molar-refractivity contribution in [3.8, 4) is 17.1 Å². The van der Waals surface area contributed by atoms with Crippen molar-refractivity contribution < 1.29 is 17.7 Å². The molecule has 0 saturated heterocycles. The largest absolute Gasteiger partial charge is 0.494 e. The number of fused-ring (bicyclic) bond motifs is 1. The monoisotopic (exact) mass is 427 g/mol. The lowest BCUT2D eigenvalue weighted by atomic mass is 9.88. The first-order valence-corrected chi connectivity index (χ1v) is 11.9. The number of rotatable bonds is 7. The van der Waals surface area contributed by atoms with Crippen LogP contribution in [0.1, 0.15) is 42.8 Å². The van der Waals surface area contributed by atoms with Crippen LogP contribution in [-0.4, -0.2) is 35.7 Å². The summed E-state index contributed by atoms with van der Waals surface area (Å²) in [7, 11) is -3.48. The molecule has 4 rings (SSSR count). The summed E-state index contributed by atoms with van der Waals surface area (Å²) in [5.74, 6) is 1.46. The van der Waals surface area contributed by atoms with Crippen molar-refractivity contribution in [2.75, 3.05) is 12.9 Å². The lowest BCUT2D eigenvalue weighted by Crippen LogP contribution is -2.35. The number of sulfonamides is 1. The number of ether oxygens (including phenoxy) is 1. The van der Waals surface area contributed by atoms with Crippen LogP contribution >= 0.6 is 0 Å². The van der Waals surface area contributed by atoms with Crippen LogP contribution in [0.3, 0.4) is 0 Å². The summed E-state index contributed by atoms with van der Waals surface area (Å²) in [6.07, 6.45) is 3.90. The second-order valence-corrected chi connectivity index (χ2v) is 9.32. The van der Waals surface area contributed by atoms with Crippen molar-refractivity contribution in [1.82, 2.24) is 14.4 Å². The normalized spacial score (nSPS) is 16.4. The van der Waals surface area contributed by atoms with E-state index >= 15 is 0 Å². The van der Waals surface area contributed by atoms with Crippen molar-refractivity contribution in [1.29, 1.82) is 0 Å². The van der Waals surface area contributed by atoms with Crippen LogP contribution < -0.4 is 4.74 Å². The van der Waals surface area contributed by atoms with Crippen LogP contribution in [0, 0.1) is 0 Å². The Kier molecular flexibility index (Phi) is 5.87. The van der Waals surface area contributed by atoms with E-state index in [-0.39, 0.29) is 18.5 Å². The molecule has 0 saturated carbocycles. The van der Waals surface area contributed by atoms with E-state index in [0.29, 0.717) is 12.4 Å². The van der Waals surface area contributed by atoms with Gasteiger partial charge in [-0.3, -0.25) is 0 Å². The first-order chi connectivity index (χ1) is 14.5. The molecule has 158 valence electrons. The van der Waals surface area contributed by atoms with Crippen LogP contribution in [0.2, 0.25) is 0 Å². The minimum atomic E-state index is -3.48. The molecule has 1 aromatic heterocycles. The molecule has 1 heterocycles. The van der Waals surface area contributed by atoms with Gasteiger partial charge in [0.25, 0.3) is 0 Å². The van der Waals surface area contributed by atoms with Crippen LogP contribution in [0.5, 0.6) is 5.75 Å². The topological polar surface area (TPSA) is 85.5 Å². The standard InChI is InChI=1S/C22H25N3O4S/c1-3-28-18-13-11-17(12-14-18)22-23-21(29-24-22)15-25(30(2,26)27)20-10-6-8-16-7-4-5-9-19(16)20/h4-5,7,9,11-14,20H,3,6,8,10,15H2,1-2H3/t20-/m1/s1. The third kappa shape index (κ3) is 4.39. The van der Waals surface area contributed by atoms with Gasteiger partial charge < -0.3 is 9.26 Å². The summed E-state index contributed by atoms with van der Waals surface area (Å²) >= 11 is 0. The van der Waals surface area contributed by atoms with Gasteiger partial charge in [-0.1, -0.05) is 29.4 Å². The van der Waals surface area contributed by atoms with Gasteiger partial charge in [-0.05, 0) is 61.6 Å². The quantitative estimate of drug-likeness (QED) is 0.567. The van der Waals surface area contributed by atoms with Crippen LogP contribution in [0.4, 0.5) is 0 Å². The van der Waals surface area contributed by atoms with Gasteiger partial charge in [0.15, 0.2) is 0 Å². The highest BCUT2D eigenvalue weighted by molar-refractivity contribution is 7.88. The third-order valence-corrected chi connectivity index (χ3v) is 6.53. The molecular weight excluding hydrogens is 402 g/mol. The molecule has 0 fully saturated rings. The maximum atomic E-state index is 12.6. The highest BCUT2D eigenvalue weighted by atomic mass is 32.2. The summed E-state index contributed by atoms with van der Waals surface area (Å²) in [5, 5.41) is 4.04. The SMILES string of the molecule is CCOc1ccc(-c2noc(CN([C@@H]3CCCc4ccccc43)S(C)(=O)=O)n2)cc1. The molecule has 0 N–H and O–H groups in total. The van der Waals surface area contributed by atoms with E-state index in [1.54, 1.807) is 0 Å². The molecular formula is C22H25N3O4S. The van der Waals surface area contributed by atoms with Crippen LogP contribution in [0.15, 0.2) is 53.1 Å². The summed E-state index contributed by atoms with van der Waals surface area (Å²) in [5.41, 5.74) is 3.03. The van der Waals surface area contributed by atoms with Gasteiger partial charge in [-0.25, -0.2) is 8.42 Å². The Morgan fingerprint density at radius 3 is 2.67 bits per heavy atom. The minimum absolute atomic E-state index is 0.0435. The smallest absolute Gasteiger partial charge is 0.242 e. The fourth-order valence-electron chi connectivity index (χ4n) is 3.92. The highest BCUT2D eigenvalue weighted by Gasteiger charge is 2.33. The Morgan fingerprint density at radius 1 is 1.17 bits per heavy atom. The molecule has 0 spiro atoms. The fraction of sp³-hybridized carbons (Fsp3) is 0.364. The number of aryl methyl sites for hydroxylation is 1. The predicted octanol–water partition coefficient (Wildman–Crippen LogP) is 3.97.